The molecule has 2 N–H and O–H groups in total. The van der Waals surface area contributed by atoms with E-state index in [2.05, 4.69) is 0 Å². The van der Waals surface area contributed by atoms with E-state index in [0.717, 1.165) is 11.3 Å². The van der Waals surface area contributed by atoms with Crippen molar-refractivity contribution in [3.63, 3.8) is 0 Å². The molecule has 0 aromatic heterocycles. The maximum absolute atomic E-state index is 13.6. The minimum atomic E-state index is -0.947. The molecule has 1 aliphatic heterocycles. The SMILES string of the molecule is CN1C(=O)C(C)(c2cc(F)ccc2N)c2ccccc21. The van der Waals surface area contributed by atoms with Gasteiger partial charge in [-0.1, -0.05) is 18.2 Å². The lowest BCUT2D eigenvalue weighted by Gasteiger charge is -2.25. The molecule has 102 valence electrons. The number of fused-ring (bicyclic) bond motifs is 1. The summed E-state index contributed by atoms with van der Waals surface area (Å²) < 4.78 is 13.6. The summed E-state index contributed by atoms with van der Waals surface area (Å²) in [6.45, 7) is 1.79. The summed E-state index contributed by atoms with van der Waals surface area (Å²) in [7, 11) is 1.72. The number of hydrogen-bond donors (Lipinski definition) is 1. The molecule has 20 heavy (non-hydrogen) atoms. The summed E-state index contributed by atoms with van der Waals surface area (Å²) in [6.07, 6.45) is 0. The Hall–Kier alpha value is -2.36. The zero-order chi connectivity index (χ0) is 14.5. The van der Waals surface area contributed by atoms with Gasteiger partial charge in [0.15, 0.2) is 0 Å². The number of nitrogen functional groups attached to an aromatic ring is 1. The number of hydrogen-bond acceptors (Lipinski definition) is 2. The molecule has 0 fully saturated rings. The zero-order valence-electron chi connectivity index (χ0n) is 11.4. The predicted octanol–water partition coefficient (Wildman–Crippen LogP) is 2.69. The second kappa shape index (κ2) is 4.07. The number of nitrogens with zero attached hydrogens (tertiary/aromatic N) is 1. The number of likely N-dealkylation sites (N-methyl/N-ethyl adjacent to an activating group) is 1. The van der Waals surface area contributed by atoms with Crippen molar-refractivity contribution in [1.82, 2.24) is 0 Å². The standard InChI is InChI=1S/C16H15FN2O/c1-16(12-9-10(17)7-8-13(12)18)11-5-3-4-6-14(11)19(2)15(16)20/h3-9H,18H2,1-2H3. The Labute approximate surface area is 116 Å². The second-order valence-corrected chi connectivity index (χ2v) is 5.24. The molecule has 0 spiro atoms. The lowest BCUT2D eigenvalue weighted by atomic mass is 9.76. The molecule has 2 aromatic carbocycles. The number of benzene rings is 2. The fourth-order valence-electron chi connectivity index (χ4n) is 2.97. The summed E-state index contributed by atoms with van der Waals surface area (Å²) in [5.41, 5.74) is 7.66. The molecule has 0 saturated heterocycles. The Morgan fingerprint density at radius 1 is 1.15 bits per heavy atom. The van der Waals surface area contributed by atoms with Crippen LogP contribution in [-0.4, -0.2) is 13.0 Å². The van der Waals surface area contributed by atoms with Gasteiger partial charge in [-0.2, -0.15) is 0 Å². The Bertz CT molecular complexity index is 713. The van der Waals surface area contributed by atoms with Crippen molar-refractivity contribution in [3.8, 4) is 0 Å². The Morgan fingerprint density at radius 3 is 2.60 bits per heavy atom. The first-order chi connectivity index (χ1) is 9.46. The molecule has 1 atom stereocenters. The highest BCUT2D eigenvalue weighted by molar-refractivity contribution is 6.10. The van der Waals surface area contributed by atoms with Crippen molar-refractivity contribution in [2.24, 2.45) is 0 Å². The van der Waals surface area contributed by atoms with Gasteiger partial charge in [-0.3, -0.25) is 4.79 Å². The van der Waals surface area contributed by atoms with Crippen molar-refractivity contribution in [2.75, 3.05) is 17.7 Å². The van der Waals surface area contributed by atoms with Crippen molar-refractivity contribution in [1.29, 1.82) is 0 Å². The molecule has 0 radical (unpaired) electrons. The summed E-state index contributed by atoms with van der Waals surface area (Å²) >= 11 is 0. The molecule has 1 amide bonds. The van der Waals surface area contributed by atoms with Crippen molar-refractivity contribution < 1.29 is 9.18 Å². The number of anilines is 2. The molecule has 1 aliphatic rings. The number of para-hydroxylation sites is 1. The van der Waals surface area contributed by atoms with Crippen LogP contribution in [0.3, 0.4) is 0 Å². The lowest BCUT2D eigenvalue weighted by molar-refractivity contribution is -0.121. The first-order valence-electron chi connectivity index (χ1n) is 6.39. The molecule has 0 bridgehead atoms. The fraction of sp³-hybridized carbons (Fsp3) is 0.188. The largest absolute Gasteiger partial charge is 0.398 e. The van der Waals surface area contributed by atoms with E-state index in [1.54, 1.807) is 18.9 Å². The molecule has 2 aromatic rings. The van der Waals surface area contributed by atoms with Crippen LogP contribution in [0.2, 0.25) is 0 Å². The van der Waals surface area contributed by atoms with Crippen LogP contribution in [0, 0.1) is 5.82 Å². The van der Waals surface area contributed by atoms with Crippen LogP contribution >= 0.6 is 0 Å². The summed E-state index contributed by atoms with van der Waals surface area (Å²) in [4.78, 5) is 14.3. The summed E-state index contributed by atoms with van der Waals surface area (Å²) in [5.74, 6) is -0.494. The number of rotatable bonds is 1. The summed E-state index contributed by atoms with van der Waals surface area (Å²) in [5, 5.41) is 0. The average Bonchev–Trinajstić information content (AvgIpc) is 2.65. The average molecular weight is 270 g/mol. The van der Waals surface area contributed by atoms with Crippen LogP contribution in [0.25, 0.3) is 0 Å². The number of carbonyl (C=O) groups excluding carboxylic acids is 1. The van der Waals surface area contributed by atoms with Gasteiger partial charge in [0, 0.05) is 18.4 Å². The first kappa shape index (κ1) is 12.7. The minimum absolute atomic E-state index is 0.101. The molecule has 0 saturated carbocycles. The Kier molecular flexibility index (Phi) is 2.57. The van der Waals surface area contributed by atoms with Crippen molar-refractivity contribution >= 4 is 17.3 Å². The second-order valence-electron chi connectivity index (χ2n) is 5.24. The smallest absolute Gasteiger partial charge is 0.241 e. The van der Waals surface area contributed by atoms with Crippen LogP contribution in [0.5, 0.6) is 0 Å². The highest BCUT2D eigenvalue weighted by Crippen LogP contribution is 2.46. The maximum atomic E-state index is 13.6. The molecule has 1 unspecified atom stereocenters. The Balaban J connectivity index is 2.31. The third kappa shape index (κ3) is 1.48. The lowest BCUT2D eigenvalue weighted by Crippen LogP contribution is -2.37. The van der Waals surface area contributed by atoms with Gasteiger partial charge < -0.3 is 10.6 Å². The summed E-state index contributed by atoms with van der Waals surface area (Å²) in [6, 6.07) is 11.7. The predicted molar refractivity (Wildman–Crippen MR) is 77.1 cm³/mol. The number of carbonyl (C=O) groups is 1. The quantitative estimate of drug-likeness (QED) is 0.810. The van der Waals surface area contributed by atoms with Gasteiger partial charge in [0.25, 0.3) is 0 Å². The van der Waals surface area contributed by atoms with Crippen LogP contribution in [0.15, 0.2) is 42.5 Å². The first-order valence-corrected chi connectivity index (χ1v) is 6.39. The van der Waals surface area contributed by atoms with E-state index in [4.69, 9.17) is 5.73 Å². The molecule has 0 aliphatic carbocycles. The third-order valence-electron chi connectivity index (χ3n) is 4.09. The number of amides is 1. The van der Waals surface area contributed by atoms with E-state index in [0.29, 0.717) is 11.3 Å². The van der Waals surface area contributed by atoms with E-state index < -0.39 is 11.2 Å². The normalized spacial score (nSPS) is 21.1. The van der Waals surface area contributed by atoms with Gasteiger partial charge >= 0.3 is 0 Å². The van der Waals surface area contributed by atoms with E-state index in [1.807, 2.05) is 24.3 Å². The van der Waals surface area contributed by atoms with Crippen LogP contribution in [-0.2, 0) is 10.2 Å². The van der Waals surface area contributed by atoms with Gasteiger partial charge in [-0.25, -0.2) is 4.39 Å². The highest BCUT2D eigenvalue weighted by atomic mass is 19.1. The molecule has 4 heteroatoms. The molecular formula is C16H15FN2O. The fourth-order valence-corrected chi connectivity index (χ4v) is 2.97. The minimum Gasteiger partial charge on any atom is -0.398 e. The molecular weight excluding hydrogens is 255 g/mol. The van der Waals surface area contributed by atoms with Gasteiger partial charge in [0.2, 0.25) is 5.91 Å². The number of nitrogens with two attached hydrogens (primary N) is 1. The molecule has 3 rings (SSSR count). The highest BCUT2D eigenvalue weighted by Gasteiger charge is 2.48. The van der Waals surface area contributed by atoms with Gasteiger partial charge in [-0.15, -0.1) is 0 Å². The monoisotopic (exact) mass is 270 g/mol. The van der Waals surface area contributed by atoms with Crippen LogP contribution < -0.4 is 10.6 Å². The van der Waals surface area contributed by atoms with Crippen LogP contribution in [0.4, 0.5) is 15.8 Å². The van der Waals surface area contributed by atoms with E-state index in [-0.39, 0.29) is 5.91 Å². The van der Waals surface area contributed by atoms with Gasteiger partial charge in [-0.05, 0) is 42.3 Å². The zero-order valence-corrected chi connectivity index (χ0v) is 11.4. The molecule has 1 heterocycles. The Morgan fingerprint density at radius 2 is 1.85 bits per heavy atom. The topological polar surface area (TPSA) is 46.3 Å². The van der Waals surface area contributed by atoms with E-state index >= 15 is 0 Å². The number of halogens is 1. The third-order valence-corrected chi connectivity index (χ3v) is 4.09. The van der Waals surface area contributed by atoms with Crippen LogP contribution in [0.1, 0.15) is 18.1 Å². The molecule has 3 nitrogen and oxygen atoms in total. The van der Waals surface area contributed by atoms with E-state index in [9.17, 15) is 9.18 Å². The van der Waals surface area contributed by atoms with Crippen molar-refractivity contribution in [2.45, 2.75) is 12.3 Å². The van der Waals surface area contributed by atoms with Gasteiger partial charge in [0.05, 0.1) is 0 Å². The maximum Gasteiger partial charge on any atom is 0.241 e. The van der Waals surface area contributed by atoms with Crippen molar-refractivity contribution in [3.05, 3.63) is 59.4 Å². The van der Waals surface area contributed by atoms with Gasteiger partial charge in [0.1, 0.15) is 11.2 Å². The van der Waals surface area contributed by atoms with E-state index in [1.165, 1.54) is 18.2 Å².